The molecule has 1 aliphatic carbocycles. The second kappa shape index (κ2) is 6.06. The van der Waals surface area contributed by atoms with Gasteiger partial charge in [0, 0.05) is 48.5 Å². The predicted molar refractivity (Wildman–Crippen MR) is 91.9 cm³/mol. The minimum atomic E-state index is -0.599. The summed E-state index contributed by atoms with van der Waals surface area (Å²) in [5.74, 6) is 0.0197. The summed E-state index contributed by atoms with van der Waals surface area (Å²) in [7, 11) is 0. The topological polar surface area (TPSA) is 66.0 Å². The van der Waals surface area contributed by atoms with Gasteiger partial charge < -0.3 is 10.1 Å². The van der Waals surface area contributed by atoms with Gasteiger partial charge in [0.1, 0.15) is 0 Å². The number of fused-ring (bicyclic) bond motifs is 1. The number of aromatic amines is 1. The van der Waals surface area contributed by atoms with Gasteiger partial charge in [0.2, 0.25) is 0 Å². The van der Waals surface area contributed by atoms with Gasteiger partial charge in [0.25, 0.3) is 0 Å². The monoisotopic (exact) mass is 318 g/mol. The van der Waals surface area contributed by atoms with Gasteiger partial charge in [-0.25, -0.2) is 0 Å². The van der Waals surface area contributed by atoms with Gasteiger partial charge in [-0.1, -0.05) is 30.3 Å². The van der Waals surface area contributed by atoms with E-state index >= 15 is 0 Å². The number of aliphatic hydroxyl groups is 1. The Morgan fingerprint density at radius 2 is 1.83 bits per heavy atom. The summed E-state index contributed by atoms with van der Waals surface area (Å²) in [5, 5.41) is 9.94. The van der Waals surface area contributed by atoms with Crippen molar-refractivity contribution in [1.82, 2.24) is 9.97 Å². The Balaban J connectivity index is 1.87. The summed E-state index contributed by atoms with van der Waals surface area (Å²) >= 11 is 0. The molecule has 0 spiro atoms. The van der Waals surface area contributed by atoms with E-state index in [1.807, 2.05) is 30.3 Å². The molecular formula is C20H18N2O2. The molecule has 2 heterocycles. The van der Waals surface area contributed by atoms with Gasteiger partial charge in [-0.15, -0.1) is 0 Å². The molecule has 4 nitrogen and oxygen atoms in total. The summed E-state index contributed by atoms with van der Waals surface area (Å²) in [4.78, 5) is 20.0. The third kappa shape index (κ3) is 2.65. The van der Waals surface area contributed by atoms with Crippen molar-refractivity contribution < 1.29 is 9.90 Å². The van der Waals surface area contributed by atoms with E-state index in [0.29, 0.717) is 12.8 Å². The average molecular weight is 318 g/mol. The van der Waals surface area contributed by atoms with Gasteiger partial charge >= 0.3 is 0 Å². The SMILES string of the molecule is O=C1CC(O)Cc2[nH]c(-c3ccncc3)c(Cc3ccccc3)c21. The zero-order valence-corrected chi connectivity index (χ0v) is 13.2. The average Bonchev–Trinajstić information content (AvgIpc) is 2.95. The number of nitrogens with one attached hydrogen (secondary N) is 1. The molecule has 120 valence electrons. The van der Waals surface area contributed by atoms with Crippen molar-refractivity contribution in [3.63, 3.8) is 0 Å². The number of pyridine rings is 1. The number of ketones is 1. The third-order valence-electron chi connectivity index (χ3n) is 4.51. The van der Waals surface area contributed by atoms with Crippen LogP contribution in [0.1, 0.15) is 33.6 Å². The van der Waals surface area contributed by atoms with E-state index in [1.54, 1.807) is 12.4 Å². The Labute approximate surface area is 140 Å². The van der Waals surface area contributed by atoms with E-state index in [4.69, 9.17) is 0 Å². The number of benzene rings is 1. The molecule has 4 heteroatoms. The number of hydrogen-bond donors (Lipinski definition) is 2. The normalized spacial score (nSPS) is 16.9. The molecule has 0 amide bonds. The van der Waals surface area contributed by atoms with Crippen LogP contribution in [-0.4, -0.2) is 27.0 Å². The smallest absolute Gasteiger partial charge is 0.167 e. The Kier molecular flexibility index (Phi) is 3.75. The Hall–Kier alpha value is -2.72. The van der Waals surface area contributed by atoms with Crippen LogP contribution < -0.4 is 0 Å². The van der Waals surface area contributed by atoms with Crippen molar-refractivity contribution in [2.45, 2.75) is 25.4 Å². The van der Waals surface area contributed by atoms with Crippen molar-refractivity contribution >= 4 is 5.78 Å². The molecule has 1 unspecified atom stereocenters. The number of hydrogen-bond acceptors (Lipinski definition) is 3. The molecule has 24 heavy (non-hydrogen) atoms. The van der Waals surface area contributed by atoms with E-state index in [0.717, 1.165) is 33.6 Å². The molecule has 0 bridgehead atoms. The van der Waals surface area contributed by atoms with Crippen LogP contribution in [0.3, 0.4) is 0 Å². The fourth-order valence-electron chi connectivity index (χ4n) is 3.45. The lowest BCUT2D eigenvalue weighted by Crippen LogP contribution is -2.24. The van der Waals surface area contributed by atoms with Crippen LogP contribution in [-0.2, 0) is 12.8 Å². The highest BCUT2D eigenvalue weighted by Crippen LogP contribution is 2.34. The molecular weight excluding hydrogens is 300 g/mol. The quantitative estimate of drug-likeness (QED) is 0.779. The lowest BCUT2D eigenvalue weighted by molar-refractivity contribution is 0.0851. The molecule has 0 aliphatic heterocycles. The lowest BCUT2D eigenvalue weighted by atomic mass is 9.88. The van der Waals surface area contributed by atoms with Gasteiger partial charge in [-0.3, -0.25) is 9.78 Å². The molecule has 0 fully saturated rings. The van der Waals surface area contributed by atoms with Crippen LogP contribution in [0.4, 0.5) is 0 Å². The van der Waals surface area contributed by atoms with Crippen LogP contribution in [0, 0.1) is 0 Å². The number of carbonyl (C=O) groups excluding carboxylic acids is 1. The molecule has 0 saturated heterocycles. The molecule has 4 rings (SSSR count). The highest BCUT2D eigenvalue weighted by atomic mass is 16.3. The molecule has 2 aromatic heterocycles. The first-order valence-corrected chi connectivity index (χ1v) is 8.11. The van der Waals surface area contributed by atoms with Gasteiger partial charge in [-0.05, 0) is 23.3 Å². The first kappa shape index (κ1) is 14.8. The summed E-state index contributed by atoms with van der Waals surface area (Å²) in [6, 6.07) is 14.0. The van der Waals surface area contributed by atoms with Crippen LogP contribution in [0.15, 0.2) is 54.9 Å². The molecule has 0 radical (unpaired) electrons. The van der Waals surface area contributed by atoms with Crippen molar-refractivity contribution in [2.75, 3.05) is 0 Å². The highest BCUT2D eigenvalue weighted by Gasteiger charge is 2.30. The number of H-pyrrole nitrogens is 1. The van der Waals surface area contributed by atoms with E-state index < -0.39 is 6.10 Å². The maximum Gasteiger partial charge on any atom is 0.167 e. The maximum absolute atomic E-state index is 12.6. The van der Waals surface area contributed by atoms with Crippen molar-refractivity contribution in [2.24, 2.45) is 0 Å². The molecule has 1 atom stereocenters. The minimum absolute atomic E-state index is 0.0197. The maximum atomic E-state index is 12.6. The second-order valence-corrected chi connectivity index (χ2v) is 6.22. The van der Waals surface area contributed by atoms with Crippen molar-refractivity contribution in [1.29, 1.82) is 0 Å². The van der Waals surface area contributed by atoms with Crippen LogP contribution in [0.25, 0.3) is 11.3 Å². The number of Topliss-reactive ketones (excluding diaryl/α,β-unsaturated/α-hetero) is 1. The van der Waals surface area contributed by atoms with Gasteiger partial charge in [-0.2, -0.15) is 0 Å². The summed E-state index contributed by atoms with van der Waals surface area (Å²) in [6.07, 6.45) is 4.28. The summed E-state index contributed by atoms with van der Waals surface area (Å²) < 4.78 is 0. The fraction of sp³-hybridized carbons (Fsp3) is 0.200. The number of aromatic nitrogens is 2. The Bertz CT molecular complexity index is 869. The van der Waals surface area contributed by atoms with Crippen LogP contribution in [0.5, 0.6) is 0 Å². The van der Waals surface area contributed by atoms with Crippen LogP contribution in [0.2, 0.25) is 0 Å². The standard InChI is InChI=1S/C20H18N2O2/c23-15-11-17-19(18(24)12-15)16(10-13-4-2-1-3-5-13)20(22-17)14-6-8-21-9-7-14/h1-9,15,22-23H,10-12H2. The number of aliphatic hydroxyl groups excluding tert-OH is 1. The first-order valence-electron chi connectivity index (χ1n) is 8.11. The zero-order valence-electron chi connectivity index (χ0n) is 13.2. The highest BCUT2D eigenvalue weighted by molar-refractivity contribution is 6.02. The largest absolute Gasteiger partial charge is 0.392 e. The fourth-order valence-corrected chi connectivity index (χ4v) is 3.45. The molecule has 1 aliphatic rings. The van der Waals surface area contributed by atoms with Crippen LogP contribution >= 0.6 is 0 Å². The zero-order chi connectivity index (χ0) is 16.5. The summed E-state index contributed by atoms with van der Waals surface area (Å²) in [6.45, 7) is 0. The Morgan fingerprint density at radius 1 is 1.08 bits per heavy atom. The Morgan fingerprint density at radius 3 is 2.58 bits per heavy atom. The van der Waals surface area contributed by atoms with Gasteiger partial charge in [0.05, 0.1) is 11.8 Å². The van der Waals surface area contributed by atoms with Gasteiger partial charge in [0.15, 0.2) is 5.78 Å². The van der Waals surface area contributed by atoms with E-state index in [2.05, 4.69) is 22.1 Å². The number of nitrogens with zero attached hydrogens (tertiary/aromatic N) is 1. The third-order valence-corrected chi connectivity index (χ3v) is 4.51. The minimum Gasteiger partial charge on any atom is -0.392 e. The van der Waals surface area contributed by atoms with Crippen molar-refractivity contribution in [3.05, 3.63) is 77.2 Å². The number of carbonyl (C=O) groups is 1. The van der Waals surface area contributed by atoms with E-state index in [1.165, 1.54) is 0 Å². The van der Waals surface area contributed by atoms with Crippen molar-refractivity contribution in [3.8, 4) is 11.3 Å². The molecule has 2 N–H and O–H groups in total. The molecule has 3 aromatic rings. The van der Waals surface area contributed by atoms with E-state index in [9.17, 15) is 9.90 Å². The number of rotatable bonds is 3. The first-order chi connectivity index (χ1) is 11.7. The predicted octanol–water partition coefficient (Wildman–Crippen LogP) is 3.16. The lowest BCUT2D eigenvalue weighted by Gasteiger charge is -2.17. The second-order valence-electron chi connectivity index (χ2n) is 6.22. The molecule has 1 aromatic carbocycles. The molecule has 0 saturated carbocycles. The van der Waals surface area contributed by atoms with E-state index in [-0.39, 0.29) is 12.2 Å². The summed E-state index contributed by atoms with van der Waals surface area (Å²) in [5.41, 5.74) is 5.74.